The van der Waals surface area contributed by atoms with Crippen LogP contribution in [0.4, 0.5) is 0 Å². The molecule has 18 heavy (non-hydrogen) atoms. The van der Waals surface area contributed by atoms with Gasteiger partial charge in [-0.3, -0.25) is 4.79 Å². The first-order valence-corrected chi connectivity index (χ1v) is 6.87. The first-order chi connectivity index (χ1) is 8.54. The van der Waals surface area contributed by atoms with Gasteiger partial charge in [-0.05, 0) is 59.6 Å². The van der Waals surface area contributed by atoms with Crippen molar-refractivity contribution in [1.82, 2.24) is 4.57 Å². The minimum absolute atomic E-state index is 0.00986. The molecule has 0 amide bonds. The topological polar surface area (TPSA) is 22.0 Å². The fourth-order valence-corrected chi connectivity index (χ4v) is 2.59. The highest BCUT2D eigenvalue weighted by Gasteiger charge is 2.10. The minimum atomic E-state index is -0.00986. The molecule has 0 aliphatic carbocycles. The quantitative estimate of drug-likeness (QED) is 0.808. The molecular weight excluding hydrogens is 314 g/mol. The summed E-state index contributed by atoms with van der Waals surface area (Å²) in [6, 6.07) is 9.44. The van der Waals surface area contributed by atoms with Gasteiger partial charge < -0.3 is 4.57 Å². The number of benzene rings is 1. The molecule has 0 saturated heterocycles. The Kier molecular flexibility index (Phi) is 3.93. The van der Waals surface area contributed by atoms with Crippen molar-refractivity contribution in [2.45, 2.75) is 20.4 Å². The van der Waals surface area contributed by atoms with E-state index in [1.165, 1.54) is 0 Å². The van der Waals surface area contributed by atoms with E-state index in [0.29, 0.717) is 16.0 Å². The molecule has 0 saturated carbocycles. The van der Waals surface area contributed by atoms with Crippen LogP contribution in [0.5, 0.6) is 0 Å². The fourth-order valence-electron chi connectivity index (χ4n) is 2.02. The van der Waals surface area contributed by atoms with Gasteiger partial charge >= 0.3 is 0 Å². The highest BCUT2D eigenvalue weighted by molar-refractivity contribution is 9.10. The molecule has 2 nitrogen and oxygen atoms in total. The average molecular weight is 327 g/mol. The number of pyridine rings is 1. The number of hydrogen-bond donors (Lipinski definition) is 0. The van der Waals surface area contributed by atoms with Crippen molar-refractivity contribution in [1.29, 1.82) is 0 Å². The van der Waals surface area contributed by atoms with Crippen molar-refractivity contribution in [3.63, 3.8) is 0 Å². The van der Waals surface area contributed by atoms with Gasteiger partial charge in [0.25, 0.3) is 5.56 Å². The second kappa shape index (κ2) is 5.29. The highest BCUT2D eigenvalue weighted by Crippen LogP contribution is 2.25. The molecule has 2 rings (SSSR count). The SMILES string of the molecule is CCn1c(-c2ccc(Cl)cc2C)ccc(Br)c1=O. The van der Waals surface area contributed by atoms with Crippen LogP contribution in [0.1, 0.15) is 12.5 Å². The predicted molar refractivity (Wildman–Crippen MR) is 79.3 cm³/mol. The summed E-state index contributed by atoms with van der Waals surface area (Å²) in [6.07, 6.45) is 0. The predicted octanol–water partition coefficient (Wildman–Crippen LogP) is 4.26. The summed E-state index contributed by atoms with van der Waals surface area (Å²) < 4.78 is 2.33. The molecule has 2 aromatic rings. The van der Waals surface area contributed by atoms with Gasteiger partial charge in [0, 0.05) is 17.1 Å². The van der Waals surface area contributed by atoms with Crippen LogP contribution >= 0.6 is 27.5 Å². The summed E-state index contributed by atoms with van der Waals surface area (Å²) in [5, 5.41) is 0.707. The Bertz CT molecular complexity index is 649. The number of halogens is 2. The van der Waals surface area contributed by atoms with E-state index in [4.69, 9.17) is 11.6 Å². The summed E-state index contributed by atoms with van der Waals surface area (Å²) in [5.74, 6) is 0. The first-order valence-electron chi connectivity index (χ1n) is 5.70. The Morgan fingerprint density at radius 1 is 1.28 bits per heavy atom. The van der Waals surface area contributed by atoms with Crippen molar-refractivity contribution in [3.05, 3.63) is 55.7 Å². The van der Waals surface area contributed by atoms with Crippen molar-refractivity contribution >= 4 is 27.5 Å². The molecule has 0 unspecified atom stereocenters. The maximum absolute atomic E-state index is 12.1. The molecule has 0 aliphatic rings. The lowest BCUT2D eigenvalue weighted by molar-refractivity contribution is 0.731. The molecule has 0 atom stereocenters. The van der Waals surface area contributed by atoms with Crippen molar-refractivity contribution in [2.24, 2.45) is 0 Å². The van der Waals surface area contributed by atoms with Crippen molar-refractivity contribution in [3.8, 4) is 11.3 Å². The minimum Gasteiger partial charge on any atom is -0.308 e. The lowest BCUT2D eigenvalue weighted by atomic mass is 10.0. The molecule has 1 heterocycles. The summed E-state index contributed by atoms with van der Waals surface area (Å²) in [6.45, 7) is 4.59. The maximum Gasteiger partial charge on any atom is 0.265 e. The lowest BCUT2D eigenvalue weighted by Gasteiger charge is -2.13. The summed E-state index contributed by atoms with van der Waals surface area (Å²) in [4.78, 5) is 12.1. The van der Waals surface area contributed by atoms with Crippen LogP contribution in [-0.2, 0) is 6.54 Å². The number of rotatable bonds is 2. The van der Waals surface area contributed by atoms with E-state index in [0.717, 1.165) is 16.8 Å². The molecule has 0 aliphatic heterocycles. The number of aryl methyl sites for hydroxylation is 1. The number of aromatic nitrogens is 1. The third-order valence-electron chi connectivity index (χ3n) is 2.91. The van der Waals surface area contributed by atoms with Gasteiger partial charge in [0.15, 0.2) is 0 Å². The van der Waals surface area contributed by atoms with Crippen LogP contribution in [0, 0.1) is 6.92 Å². The highest BCUT2D eigenvalue weighted by atomic mass is 79.9. The summed E-state index contributed by atoms with van der Waals surface area (Å²) in [7, 11) is 0. The van der Waals surface area contributed by atoms with E-state index in [9.17, 15) is 4.79 Å². The zero-order valence-electron chi connectivity index (χ0n) is 10.2. The number of nitrogens with zero attached hydrogens (tertiary/aromatic N) is 1. The van der Waals surface area contributed by atoms with Gasteiger partial charge in [-0.15, -0.1) is 0 Å². The maximum atomic E-state index is 12.1. The van der Waals surface area contributed by atoms with Crippen LogP contribution < -0.4 is 5.56 Å². The molecule has 0 spiro atoms. The average Bonchev–Trinajstić information content (AvgIpc) is 2.33. The Balaban J connectivity index is 2.71. The second-order valence-electron chi connectivity index (χ2n) is 4.08. The van der Waals surface area contributed by atoms with Crippen LogP contribution in [0.2, 0.25) is 5.02 Å². The standard InChI is InChI=1S/C14H13BrClNO/c1-3-17-13(7-6-12(15)14(17)18)11-5-4-10(16)8-9(11)2/h4-8H,3H2,1-2H3. The summed E-state index contributed by atoms with van der Waals surface area (Å²) in [5.41, 5.74) is 3.00. The largest absolute Gasteiger partial charge is 0.308 e. The van der Waals surface area contributed by atoms with E-state index in [2.05, 4.69) is 15.9 Å². The van der Waals surface area contributed by atoms with Gasteiger partial charge in [-0.2, -0.15) is 0 Å². The van der Waals surface area contributed by atoms with Gasteiger partial charge in [-0.1, -0.05) is 17.7 Å². The smallest absolute Gasteiger partial charge is 0.265 e. The molecule has 0 bridgehead atoms. The second-order valence-corrected chi connectivity index (χ2v) is 5.37. The molecule has 4 heteroatoms. The van der Waals surface area contributed by atoms with E-state index >= 15 is 0 Å². The molecule has 0 radical (unpaired) electrons. The van der Waals surface area contributed by atoms with E-state index in [-0.39, 0.29) is 5.56 Å². The van der Waals surface area contributed by atoms with Crippen molar-refractivity contribution < 1.29 is 0 Å². The molecule has 1 aromatic carbocycles. The molecule has 1 aromatic heterocycles. The first kappa shape index (κ1) is 13.4. The Morgan fingerprint density at radius 3 is 2.61 bits per heavy atom. The number of hydrogen-bond acceptors (Lipinski definition) is 1. The zero-order chi connectivity index (χ0) is 13.3. The Morgan fingerprint density at radius 2 is 2.00 bits per heavy atom. The zero-order valence-corrected chi connectivity index (χ0v) is 12.5. The van der Waals surface area contributed by atoms with Gasteiger partial charge in [0.05, 0.1) is 10.2 Å². The third kappa shape index (κ3) is 2.38. The van der Waals surface area contributed by atoms with E-state index < -0.39 is 0 Å². The van der Waals surface area contributed by atoms with Crippen LogP contribution in [0.3, 0.4) is 0 Å². The van der Waals surface area contributed by atoms with E-state index in [1.807, 2.05) is 38.1 Å². The Hall–Kier alpha value is -1.06. The van der Waals surface area contributed by atoms with Gasteiger partial charge in [-0.25, -0.2) is 0 Å². The van der Waals surface area contributed by atoms with Crippen LogP contribution in [0.15, 0.2) is 39.6 Å². The van der Waals surface area contributed by atoms with E-state index in [1.54, 1.807) is 10.6 Å². The molecule has 0 N–H and O–H groups in total. The fraction of sp³-hybridized carbons (Fsp3) is 0.214. The van der Waals surface area contributed by atoms with Gasteiger partial charge in [0.1, 0.15) is 0 Å². The Labute approximate surface area is 119 Å². The van der Waals surface area contributed by atoms with Crippen LogP contribution in [-0.4, -0.2) is 4.57 Å². The van der Waals surface area contributed by atoms with Gasteiger partial charge in [0.2, 0.25) is 0 Å². The summed E-state index contributed by atoms with van der Waals surface area (Å²) >= 11 is 9.23. The molecule has 0 fully saturated rings. The molecule has 94 valence electrons. The van der Waals surface area contributed by atoms with Crippen molar-refractivity contribution in [2.75, 3.05) is 0 Å². The lowest BCUT2D eigenvalue weighted by Crippen LogP contribution is -2.21. The molecular formula is C14H13BrClNO. The normalized spacial score (nSPS) is 10.7. The van der Waals surface area contributed by atoms with Crippen LogP contribution in [0.25, 0.3) is 11.3 Å². The third-order valence-corrected chi connectivity index (χ3v) is 3.75. The monoisotopic (exact) mass is 325 g/mol.